The molecule has 0 aliphatic heterocycles. The van der Waals surface area contributed by atoms with Gasteiger partial charge in [-0.2, -0.15) is 0 Å². The van der Waals surface area contributed by atoms with E-state index < -0.39 is 8.38 Å². The summed E-state index contributed by atoms with van der Waals surface area (Å²) in [6, 6.07) is 17.1. The SMILES string of the molecule is CCOP(OCC)[C@@H](C)c1cccc(C(=O)c2ccccc2)c1. The Labute approximate surface area is 139 Å². The molecule has 0 saturated heterocycles. The van der Waals surface area contributed by atoms with Crippen LogP contribution in [0.15, 0.2) is 54.6 Å². The van der Waals surface area contributed by atoms with Gasteiger partial charge in [0.15, 0.2) is 14.2 Å². The molecule has 0 heterocycles. The van der Waals surface area contributed by atoms with Crippen molar-refractivity contribution >= 4 is 14.2 Å². The first-order valence-electron chi connectivity index (χ1n) is 7.92. The molecule has 0 amide bonds. The molecule has 0 fully saturated rings. The summed E-state index contributed by atoms with van der Waals surface area (Å²) in [5, 5.41) is 0. The largest absolute Gasteiger partial charge is 0.334 e. The van der Waals surface area contributed by atoms with Gasteiger partial charge in [0.2, 0.25) is 0 Å². The lowest BCUT2D eigenvalue weighted by Gasteiger charge is -2.23. The summed E-state index contributed by atoms with van der Waals surface area (Å²) in [6.07, 6.45) is 0. The smallest absolute Gasteiger partial charge is 0.193 e. The Balaban J connectivity index is 2.23. The molecule has 0 aliphatic carbocycles. The molecule has 0 unspecified atom stereocenters. The average Bonchev–Trinajstić information content (AvgIpc) is 2.61. The van der Waals surface area contributed by atoms with Crippen LogP contribution in [0.1, 0.15) is 47.9 Å². The van der Waals surface area contributed by atoms with E-state index in [4.69, 9.17) is 9.05 Å². The van der Waals surface area contributed by atoms with Gasteiger partial charge in [0, 0.05) is 11.1 Å². The molecule has 1 atom stereocenters. The fourth-order valence-electron chi connectivity index (χ4n) is 2.33. The van der Waals surface area contributed by atoms with Crippen molar-refractivity contribution < 1.29 is 13.8 Å². The van der Waals surface area contributed by atoms with Crippen LogP contribution in [0.5, 0.6) is 0 Å². The first-order valence-corrected chi connectivity index (χ1v) is 9.16. The van der Waals surface area contributed by atoms with E-state index in [0.717, 1.165) is 5.56 Å². The van der Waals surface area contributed by atoms with Gasteiger partial charge < -0.3 is 9.05 Å². The van der Waals surface area contributed by atoms with Crippen LogP contribution < -0.4 is 0 Å². The number of hydrogen-bond donors (Lipinski definition) is 0. The molecule has 23 heavy (non-hydrogen) atoms. The van der Waals surface area contributed by atoms with Gasteiger partial charge in [0.25, 0.3) is 0 Å². The number of carbonyl (C=O) groups excluding carboxylic acids is 1. The fraction of sp³-hybridized carbons (Fsp3) is 0.316. The molecule has 3 nitrogen and oxygen atoms in total. The third-order valence-corrected chi connectivity index (χ3v) is 5.45. The second-order valence-corrected chi connectivity index (χ2v) is 6.98. The van der Waals surface area contributed by atoms with Crippen LogP contribution in [-0.4, -0.2) is 19.0 Å². The molecule has 2 rings (SSSR count). The van der Waals surface area contributed by atoms with E-state index in [2.05, 4.69) is 6.92 Å². The average molecular weight is 330 g/mol. The maximum absolute atomic E-state index is 12.6. The van der Waals surface area contributed by atoms with Gasteiger partial charge in [-0.3, -0.25) is 4.79 Å². The molecule has 0 bridgehead atoms. The lowest BCUT2D eigenvalue weighted by atomic mass is 10.0. The maximum atomic E-state index is 12.6. The van der Waals surface area contributed by atoms with E-state index >= 15 is 0 Å². The molecular weight excluding hydrogens is 307 g/mol. The molecular formula is C19H23O3P. The van der Waals surface area contributed by atoms with Crippen molar-refractivity contribution in [1.82, 2.24) is 0 Å². The Morgan fingerprint density at radius 2 is 1.57 bits per heavy atom. The standard InChI is InChI=1S/C19H23O3P/c1-4-21-23(22-5-2)15(3)17-12-9-13-18(14-17)19(20)16-10-7-6-8-11-16/h6-15H,4-5H2,1-3H3/t15-/m0/s1. The van der Waals surface area contributed by atoms with Gasteiger partial charge >= 0.3 is 0 Å². The molecule has 0 aliphatic rings. The van der Waals surface area contributed by atoms with Gasteiger partial charge in [-0.1, -0.05) is 48.5 Å². The zero-order chi connectivity index (χ0) is 16.7. The van der Waals surface area contributed by atoms with Gasteiger partial charge in [-0.25, -0.2) is 0 Å². The van der Waals surface area contributed by atoms with Crippen molar-refractivity contribution in [2.45, 2.75) is 26.4 Å². The van der Waals surface area contributed by atoms with E-state index in [1.165, 1.54) is 0 Å². The Hall–Kier alpha value is -1.54. The highest BCUT2D eigenvalue weighted by molar-refractivity contribution is 7.47. The van der Waals surface area contributed by atoms with Crippen molar-refractivity contribution in [3.8, 4) is 0 Å². The minimum Gasteiger partial charge on any atom is -0.334 e. The predicted octanol–water partition coefficient (Wildman–Crippen LogP) is 5.36. The summed E-state index contributed by atoms with van der Waals surface area (Å²) >= 11 is 0. The molecule has 0 radical (unpaired) electrons. The van der Waals surface area contributed by atoms with Crippen LogP contribution in [-0.2, 0) is 9.05 Å². The number of rotatable bonds is 8. The summed E-state index contributed by atoms with van der Waals surface area (Å²) in [5.41, 5.74) is 2.59. The van der Waals surface area contributed by atoms with E-state index in [9.17, 15) is 4.79 Å². The molecule has 122 valence electrons. The lowest BCUT2D eigenvalue weighted by Crippen LogP contribution is -2.04. The Bertz CT molecular complexity index is 622. The zero-order valence-corrected chi connectivity index (χ0v) is 14.8. The molecule has 0 N–H and O–H groups in total. The fourth-order valence-corrected chi connectivity index (χ4v) is 3.77. The van der Waals surface area contributed by atoms with Gasteiger partial charge in [0.1, 0.15) is 0 Å². The Kier molecular flexibility index (Phi) is 6.91. The van der Waals surface area contributed by atoms with Crippen molar-refractivity contribution in [2.75, 3.05) is 13.2 Å². The van der Waals surface area contributed by atoms with Crippen LogP contribution >= 0.6 is 8.38 Å². The number of carbonyl (C=O) groups is 1. The molecule has 0 aromatic heterocycles. The van der Waals surface area contributed by atoms with Gasteiger partial charge in [-0.05, 0) is 32.4 Å². The normalized spacial score (nSPS) is 12.3. The van der Waals surface area contributed by atoms with Crippen molar-refractivity contribution in [2.24, 2.45) is 0 Å². The Morgan fingerprint density at radius 3 is 2.17 bits per heavy atom. The second kappa shape index (κ2) is 8.93. The van der Waals surface area contributed by atoms with Crippen LogP contribution in [0.3, 0.4) is 0 Å². The quantitative estimate of drug-likeness (QED) is 0.482. The van der Waals surface area contributed by atoms with Crippen LogP contribution in [0.25, 0.3) is 0 Å². The lowest BCUT2D eigenvalue weighted by molar-refractivity contribution is 0.103. The van der Waals surface area contributed by atoms with E-state index in [1.807, 2.05) is 68.4 Å². The van der Waals surface area contributed by atoms with Crippen molar-refractivity contribution in [3.05, 3.63) is 71.3 Å². The number of hydrogen-bond acceptors (Lipinski definition) is 3. The number of benzene rings is 2. The summed E-state index contributed by atoms with van der Waals surface area (Å²) in [6.45, 7) is 7.27. The summed E-state index contributed by atoms with van der Waals surface area (Å²) in [5.74, 6) is 0.0387. The highest BCUT2D eigenvalue weighted by atomic mass is 31.2. The first-order chi connectivity index (χ1) is 11.2. The Morgan fingerprint density at radius 1 is 0.957 bits per heavy atom. The van der Waals surface area contributed by atoms with Crippen molar-refractivity contribution in [1.29, 1.82) is 0 Å². The highest BCUT2D eigenvalue weighted by Gasteiger charge is 2.21. The van der Waals surface area contributed by atoms with E-state index in [-0.39, 0.29) is 11.4 Å². The highest BCUT2D eigenvalue weighted by Crippen LogP contribution is 2.52. The van der Waals surface area contributed by atoms with Crippen LogP contribution in [0.4, 0.5) is 0 Å². The minimum atomic E-state index is -0.996. The molecule has 2 aromatic carbocycles. The summed E-state index contributed by atoms with van der Waals surface area (Å²) < 4.78 is 11.5. The van der Waals surface area contributed by atoms with Gasteiger partial charge in [0.05, 0.1) is 18.9 Å². The minimum absolute atomic E-state index is 0.0387. The molecule has 4 heteroatoms. The molecule has 0 saturated carbocycles. The molecule has 0 spiro atoms. The number of ketones is 1. The van der Waals surface area contributed by atoms with E-state index in [0.29, 0.717) is 24.3 Å². The third kappa shape index (κ3) is 4.71. The monoisotopic (exact) mass is 330 g/mol. The summed E-state index contributed by atoms with van der Waals surface area (Å²) in [7, 11) is -0.996. The van der Waals surface area contributed by atoms with E-state index in [1.54, 1.807) is 0 Å². The van der Waals surface area contributed by atoms with Crippen LogP contribution in [0.2, 0.25) is 0 Å². The van der Waals surface area contributed by atoms with Crippen LogP contribution in [0, 0.1) is 0 Å². The predicted molar refractivity (Wildman–Crippen MR) is 94.9 cm³/mol. The zero-order valence-electron chi connectivity index (χ0n) is 13.9. The summed E-state index contributed by atoms with van der Waals surface area (Å²) in [4.78, 5) is 12.6. The first kappa shape index (κ1) is 17.8. The second-order valence-electron chi connectivity index (χ2n) is 5.12. The third-order valence-electron chi connectivity index (χ3n) is 3.50. The topological polar surface area (TPSA) is 35.5 Å². The molecule has 2 aromatic rings. The maximum Gasteiger partial charge on any atom is 0.193 e. The van der Waals surface area contributed by atoms with Crippen molar-refractivity contribution in [3.63, 3.8) is 0 Å². The van der Waals surface area contributed by atoms with Gasteiger partial charge in [-0.15, -0.1) is 0 Å².